The zero-order valence-corrected chi connectivity index (χ0v) is 16.7. The lowest BCUT2D eigenvalue weighted by molar-refractivity contribution is -0.149. The quantitative estimate of drug-likeness (QED) is 0.157. The molecule has 0 rings (SSSR count). The molecule has 0 aromatic rings. The molecule has 0 spiro atoms. The Morgan fingerprint density at radius 1 is 0.792 bits per heavy atom. The van der Waals surface area contributed by atoms with E-state index in [1.165, 1.54) is 64.2 Å². The minimum Gasteiger partial charge on any atom is -0.462 e. The molecule has 0 aliphatic carbocycles. The smallest absolute Gasteiger partial charge is 0.306 e. The number of carbonyl (C=O) groups excluding carboxylic acids is 1. The van der Waals surface area contributed by atoms with Crippen molar-refractivity contribution in [2.24, 2.45) is 0 Å². The van der Waals surface area contributed by atoms with E-state index in [4.69, 9.17) is 4.74 Å². The fourth-order valence-corrected chi connectivity index (χ4v) is 2.83. The summed E-state index contributed by atoms with van der Waals surface area (Å²) in [6, 6.07) is 0. The van der Waals surface area contributed by atoms with Crippen molar-refractivity contribution in [3.05, 3.63) is 12.2 Å². The van der Waals surface area contributed by atoms with Crippen molar-refractivity contribution in [1.29, 1.82) is 0 Å². The van der Waals surface area contributed by atoms with Gasteiger partial charge in [-0.05, 0) is 44.9 Å². The second-order valence-electron chi connectivity index (χ2n) is 6.94. The number of carbonyl (C=O) groups is 1. The van der Waals surface area contributed by atoms with Gasteiger partial charge < -0.3 is 4.74 Å². The zero-order valence-electron chi connectivity index (χ0n) is 16.7. The molecule has 1 unspecified atom stereocenters. The van der Waals surface area contributed by atoms with Gasteiger partial charge in [-0.1, -0.05) is 77.9 Å². The molecule has 24 heavy (non-hydrogen) atoms. The van der Waals surface area contributed by atoms with Gasteiger partial charge in [-0.3, -0.25) is 4.79 Å². The van der Waals surface area contributed by atoms with Crippen LogP contribution in [0.5, 0.6) is 0 Å². The van der Waals surface area contributed by atoms with Crippen LogP contribution in [0.25, 0.3) is 0 Å². The third-order valence-corrected chi connectivity index (χ3v) is 4.53. The van der Waals surface area contributed by atoms with Crippen molar-refractivity contribution < 1.29 is 9.53 Å². The predicted octanol–water partition coefficient (Wildman–Crippen LogP) is 7.37. The lowest BCUT2D eigenvalue weighted by Gasteiger charge is -2.16. The molecule has 0 heterocycles. The molecule has 0 aromatic heterocycles. The first-order valence-electron chi connectivity index (χ1n) is 10.6. The molecule has 142 valence electrons. The van der Waals surface area contributed by atoms with E-state index in [1.54, 1.807) is 0 Å². The largest absolute Gasteiger partial charge is 0.462 e. The fraction of sp³-hybridized carbons (Fsp3) is 0.864. The molecular weight excluding hydrogens is 296 g/mol. The van der Waals surface area contributed by atoms with Crippen LogP contribution in [-0.4, -0.2) is 12.1 Å². The number of esters is 1. The van der Waals surface area contributed by atoms with E-state index in [9.17, 15) is 4.79 Å². The van der Waals surface area contributed by atoms with Gasteiger partial charge in [-0.15, -0.1) is 0 Å². The number of hydrogen-bond acceptors (Lipinski definition) is 2. The van der Waals surface area contributed by atoms with Gasteiger partial charge in [-0.2, -0.15) is 0 Å². The van der Waals surface area contributed by atoms with E-state index in [0.29, 0.717) is 6.42 Å². The Kier molecular flexibility index (Phi) is 17.9. The Balaban J connectivity index is 3.46. The van der Waals surface area contributed by atoms with Gasteiger partial charge in [0.2, 0.25) is 0 Å². The first-order chi connectivity index (χ1) is 11.7. The van der Waals surface area contributed by atoms with Crippen LogP contribution < -0.4 is 0 Å². The minimum atomic E-state index is 0.0113. The van der Waals surface area contributed by atoms with Crippen LogP contribution in [0.3, 0.4) is 0 Å². The molecule has 1 atom stereocenters. The lowest BCUT2D eigenvalue weighted by atomic mass is 10.1. The maximum absolute atomic E-state index is 11.9. The van der Waals surface area contributed by atoms with E-state index in [0.717, 1.165) is 25.7 Å². The summed E-state index contributed by atoms with van der Waals surface area (Å²) < 4.78 is 5.59. The van der Waals surface area contributed by atoms with Crippen LogP contribution >= 0.6 is 0 Å². The summed E-state index contributed by atoms with van der Waals surface area (Å²) >= 11 is 0. The summed E-state index contributed by atoms with van der Waals surface area (Å²) in [5, 5.41) is 0. The van der Waals surface area contributed by atoms with E-state index in [2.05, 4.69) is 32.9 Å². The van der Waals surface area contributed by atoms with Crippen molar-refractivity contribution in [1.82, 2.24) is 0 Å². The van der Waals surface area contributed by atoms with E-state index in [1.807, 2.05) is 0 Å². The third-order valence-electron chi connectivity index (χ3n) is 4.53. The zero-order chi connectivity index (χ0) is 17.9. The summed E-state index contributed by atoms with van der Waals surface area (Å²) in [4.78, 5) is 11.9. The molecular formula is C22H42O2. The van der Waals surface area contributed by atoms with Crippen molar-refractivity contribution in [2.75, 3.05) is 0 Å². The molecule has 0 aromatic carbocycles. The number of hydrogen-bond donors (Lipinski definition) is 0. The maximum atomic E-state index is 11.9. The first-order valence-corrected chi connectivity index (χ1v) is 10.6. The minimum absolute atomic E-state index is 0.0113. The molecule has 2 nitrogen and oxygen atoms in total. The highest BCUT2D eigenvalue weighted by Crippen LogP contribution is 2.13. The summed E-state index contributed by atoms with van der Waals surface area (Å²) in [6.07, 6.45) is 22.0. The van der Waals surface area contributed by atoms with Crippen LogP contribution in [0.4, 0.5) is 0 Å². The number of ether oxygens (including phenoxy) is 1. The van der Waals surface area contributed by atoms with Crippen LogP contribution in [0, 0.1) is 0 Å². The molecule has 0 radical (unpaired) electrons. The van der Waals surface area contributed by atoms with E-state index in [-0.39, 0.29) is 12.1 Å². The highest BCUT2D eigenvalue weighted by Gasteiger charge is 2.11. The summed E-state index contributed by atoms with van der Waals surface area (Å²) in [7, 11) is 0. The molecule has 0 aliphatic heterocycles. The predicted molar refractivity (Wildman–Crippen MR) is 105 cm³/mol. The van der Waals surface area contributed by atoms with Gasteiger partial charge in [0.25, 0.3) is 0 Å². The van der Waals surface area contributed by atoms with Gasteiger partial charge >= 0.3 is 5.97 Å². The van der Waals surface area contributed by atoms with Crippen molar-refractivity contribution in [3.63, 3.8) is 0 Å². The maximum Gasteiger partial charge on any atom is 0.306 e. The first kappa shape index (κ1) is 23.2. The number of allylic oxidation sites excluding steroid dienone is 2. The summed E-state index contributed by atoms with van der Waals surface area (Å²) in [6.45, 7) is 6.55. The molecule has 0 N–H and O–H groups in total. The second kappa shape index (κ2) is 18.5. The standard InChI is InChI=1S/C22H42O2/c1-4-7-9-10-11-12-13-14-15-16-18-20-22(23)24-21(6-3)19-17-8-5-2/h10-11,21H,4-9,12-20H2,1-3H3/b11-10-. The van der Waals surface area contributed by atoms with Crippen molar-refractivity contribution in [2.45, 2.75) is 123 Å². The molecule has 0 saturated heterocycles. The number of rotatable bonds is 17. The SMILES string of the molecule is CCCC/C=C\CCCCCCCC(=O)OC(CC)CCCCC. The monoisotopic (exact) mass is 338 g/mol. The van der Waals surface area contributed by atoms with Crippen molar-refractivity contribution >= 4 is 5.97 Å². The van der Waals surface area contributed by atoms with Gasteiger partial charge in [0, 0.05) is 6.42 Å². The van der Waals surface area contributed by atoms with Gasteiger partial charge in [0.15, 0.2) is 0 Å². The average molecular weight is 339 g/mol. The normalized spacial score (nSPS) is 12.6. The van der Waals surface area contributed by atoms with E-state index < -0.39 is 0 Å². The summed E-state index contributed by atoms with van der Waals surface area (Å²) in [5.41, 5.74) is 0. The number of unbranched alkanes of at least 4 members (excludes halogenated alkanes) is 9. The molecule has 0 saturated carbocycles. The van der Waals surface area contributed by atoms with Crippen LogP contribution in [0.2, 0.25) is 0 Å². The lowest BCUT2D eigenvalue weighted by Crippen LogP contribution is -2.17. The molecule has 0 amide bonds. The highest BCUT2D eigenvalue weighted by molar-refractivity contribution is 5.69. The molecule has 2 heteroatoms. The van der Waals surface area contributed by atoms with Crippen LogP contribution in [0.1, 0.15) is 117 Å². The fourth-order valence-electron chi connectivity index (χ4n) is 2.83. The van der Waals surface area contributed by atoms with Gasteiger partial charge in [-0.25, -0.2) is 0 Å². The third kappa shape index (κ3) is 16.1. The summed E-state index contributed by atoms with van der Waals surface area (Å²) in [5.74, 6) is 0.0113. The molecule has 0 fully saturated rings. The van der Waals surface area contributed by atoms with Crippen LogP contribution in [-0.2, 0) is 9.53 Å². The Morgan fingerprint density at radius 2 is 1.42 bits per heavy atom. The Bertz CT molecular complexity index is 296. The van der Waals surface area contributed by atoms with Gasteiger partial charge in [0.05, 0.1) is 0 Å². The molecule has 0 aliphatic rings. The Labute approximate surface area is 151 Å². The van der Waals surface area contributed by atoms with Crippen LogP contribution in [0.15, 0.2) is 12.2 Å². The Morgan fingerprint density at radius 3 is 2.08 bits per heavy atom. The average Bonchev–Trinajstić information content (AvgIpc) is 2.59. The van der Waals surface area contributed by atoms with Gasteiger partial charge in [0.1, 0.15) is 6.10 Å². The highest BCUT2D eigenvalue weighted by atomic mass is 16.5. The Hall–Kier alpha value is -0.790. The van der Waals surface area contributed by atoms with E-state index >= 15 is 0 Å². The van der Waals surface area contributed by atoms with Crippen molar-refractivity contribution in [3.8, 4) is 0 Å². The topological polar surface area (TPSA) is 26.3 Å². The molecule has 0 bridgehead atoms. The second-order valence-corrected chi connectivity index (χ2v) is 6.94.